The largest absolute Gasteiger partial charge is 0.336 e. The molecule has 1 aromatic carbocycles. The molecule has 0 aliphatic carbocycles. The Morgan fingerprint density at radius 2 is 1.65 bits per heavy atom. The molecule has 31 heavy (non-hydrogen) atoms. The van der Waals surface area contributed by atoms with Gasteiger partial charge in [0.25, 0.3) is 11.5 Å². The molecule has 0 unspecified atom stereocenters. The number of benzene rings is 1. The highest BCUT2D eigenvalue weighted by atomic mass is 16.2. The van der Waals surface area contributed by atoms with E-state index in [1.165, 1.54) is 18.4 Å². The van der Waals surface area contributed by atoms with Gasteiger partial charge in [-0.2, -0.15) is 0 Å². The van der Waals surface area contributed by atoms with Gasteiger partial charge in [0.15, 0.2) is 0 Å². The lowest BCUT2D eigenvalue weighted by atomic mass is 10.0. The van der Waals surface area contributed by atoms with Crippen molar-refractivity contribution in [2.75, 3.05) is 46.3 Å². The SMILES string of the molecule is Cc1ccn(CCc2ccccc2)c(=O)c1C(=O)N1CCN(C2CCN(C)CC2)CC1. The molecule has 0 atom stereocenters. The summed E-state index contributed by atoms with van der Waals surface area (Å²) in [7, 11) is 2.18. The highest BCUT2D eigenvalue weighted by Gasteiger charge is 2.30. The number of hydrogen-bond acceptors (Lipinski definition) is 4. The van der Waals surface area contributed by atoms with E-state index in [1.54, 1.807) is 4.57 Å². The van der Waals surface area contributed by atoms with Crippen LogP contribution in [0.4, 0.5) is 0 Å². The first kappa shape index (κ1) is 21.8. The van der Waals surface area contributed by atoms with Crippen LogP contribution in [0.15, 0.2) is 47.4 Å². The Morgan fingerprint density at radius 1 is 0.968 bits per heavy atom. The highest BCUT2D eigenvalue weighted by Crippen LogP contribution is 2.18. The fraction of sp³-hybridized carbons (Fsp3) is 0.520. The van der Waals surface area contributed by atoms with Gasteiger partial charge in [0.05, 0.1) is 0 Å². The van der Waals surface area contributed by atoms with E-state index in [0.717, 1.165) is 38.2 Å². The van der Waals surface area contributed by atoms with Crippen molar-refractivity contribution in [3.8, 4) is 0 Å². The molecule has 0 spiro atoms. The summed E-state index contributed by atoms with van der Waals surface area (Å²) in [6.07, 6.45) is 4.99. The number of hydrogen-bond donors (Lipinski definition) is 0. The van der Waals surface area contributed by atoms with E-state index in [9.17, 15) is 9.59 Å². The maximum Gasteiger partial charge on any atom is 0.263 e. The summed E-state index contributed by atoms with van der Waals surface area (Å²) in [4.78, 5) is 33.2. The summed E-state index contributed by atoms with van der Waals surface area (Å²) in [5, 5.41) is 0. The molecule has 3 heterocycles. The van der Waals surface area contributed by atoms with Crippen molar-refractivity contribution >= 4 is 5.91 Å². The van der Waals surface area contributed by atoms with Crippen LogP contribution < -0.4 is 5.56 Å². The van der Waals surface area contributed by atoms with Crippen molar-refractivity contribution in [1.82, 2.24) is 19.3 Å². The molecule has 0 N–H and O–H groups in total. The lowest BCUT2D eigenvalue weighted by Gasteiger charge is -2.42. The lowest BCUT2D eigenvalue weighted by Crippen LogP contribution is -2.54. The average molecular weight is 423 g/mol. The minimum Gasteiger partial charge on any atom is -0.336 e. The molecule has 1 aromatic heterocycles. The van der Waals surface area contributed by atoms with Crippen molar-refractivity contribution in [2.24, 2.45) is 0 Å². The molecule has 2 saturated heterocycles. The van der Waals surface area contributed by atoms with E-state index < -0.39 is 0 Å². The number of nitrogens with zero attached hydrogens (tertiary/aromatic N) is 4. The molecule has 6 nitrogen and oxygen atoms in total. The van der Waals surface area contributed by atoms with Gasteiger partial charge >= 0.3 is 0 Å². The third kappa shape index (κ3) is 5.08. The Hall–Kier alpha value is -2.44. The fourth-order valence-corrected chi connectivity index (χ4v) is 4.80. The van der Waals surface area contributed by atoms with Gasteiger partial charge in [-0.25, -0.2) is 0 Å². The van der Waals surface area contributed by atoms with Gasteiger partial charge in [-0.1, -0.05) is 30.3 Å². The van der Waals surface area contributed by atoms with Gasteiger partial charge in [0, 0.05) is 45.0 Å². The number of carbonyl (C=O) groups excluding carboxylic acids is 1. The number of aromatic nitrogens is 1. The first-order valence-electron chi connectivity index (χ1n) is 11.5. The van der Waals surface area contributed by atoms with Crippen molar-refractivity contribution < 1.29 is 4.79 Å². The minimum absolute atomic E-state index is 0.111. The van der Waals surface area contributed by atoms with Crippen molar-refractivity contribution in [2.45, 2.75) is 38.8 Å². The van der Waals surface area contributed by atoms with E-state index in [0.29, 0.717) is 31.2 Å². The van der Waals surface area contributed by atoms with E-state index in [4.69, 9.17) is 0 Å². The van der Waals surface area contributed by atoms with E-state index >= 15 is 0 Å². The molecular formula is C25H34N4O2. The number of piperidine rings is 1. The van der Waals surface area contributed by atoms with Crippen LogP contribution in [0.25, 0.3) is 0 Å². The number of rotatable bonds is 5. The first-order chi connectivity index (χ1) is 15.0. The monoisotopic (exact) mass is 422 g/mol. The quantitative estimate of drug-likeness (QED) is 0.742. The Labute approximate surface area is 185 Å². The van der Waals surface area contributed by atoms with Gasteiger partial charge in [-0.3, -0.25) is 14.5 Å². The van der Waals surface area contributed by atoms with E-state index in [2.05, 4.69) is 29.0 Å². The second kappa shape index (κ2) is 9.79. The van der Waals surface area contributed by atoms with Crippen LogP contribution >= 0.6 is 0 Å². The lowest BCUT2D eigenvalue weighted by molar-refractivity contribution is 0.0472. The molecule has 166 valence electrons. The molecule has 2 fully saturated rings. The highest BCUT2D eigenvalue weighted by molar-refractivity contribution is 5.95. The zero-order valence-electron chi connectivity index (χ0n) is 18.8. The van der Waals surface area contributed by atoms with Crippen molar-refractivity contribution in [3.05, 3.63) is 69.6 Å². The number of pyridine rings is 1. The normalized spacial score (nSPS) is 19.0. The Bertz CT molecular complexity index is 940. The summed E-state index contributed by atoms with van der Waals surface area (Å²) < 4.78 is 1.68. The van der Waals surface area contributed by atoms with Gasteiger partial charge in [0.2, 0.25) is 0 Å². The average Bonchev–Trinajstić information content (AvgIpc) is 2.80. The number of carbonyl (C=O) groups is 1. The fourth-order valence-electron chi connectivity index (χ4n) is 4.80. The van der Waals surface area contributed by atoms with Gasteiger partial charge in [-0.15, -0.1) is 0 Å². The molecule has 6 heteroatoms. The summed E-state index contributed by atoms with van der Waals surface area (Å²) >= 11 is 0. The van der Waals surface area contributed by atoms with Crippen LogP contribution in [0.1, 0.15) is 34.3 Å². The molecule has 0 radical (unpaired) electrons. The number of piperazine rings is 1. The summed E-state index contributed by atoms with van der Waals surface area (Å²) in [5.74, 6) is -0.111. The van der Waals surface area contributed by atoms with E-state index in [-0.39, 0.29) is 11.5 Å². The van der Waals surface area contributed by atoms with Crippen LogP contribution in [0.2, 0.25) is 0 Å². The third-order valence-corrected chi connectivity index (χ3v) is 6.88. The Kier molecular flexibility index (Phi) is 6.88. The maximum absolute atomic E-state index is 13.3. The van der Waals surface area contributed by atoms with Gasteiger partial charge in [0.1, 0.15) is 5.56 Å². The molecule has 0 bridgehead atoms. The third-order valence-electron chi connectivity index (χ3n) is 6.88. The second-order valence-electron chi connectivity index (χ2n) is 8.97. The predicted molar refractivity (Wildman–Crippen MR) is 124 cm³/mol. The second-order valence-corrected chi connectivity index (χ2v) is 8.97. The summed E-state index contributed by atoms with van der Waals surface area (Å²) in [6, 6.07) is 12.7. The first-order valence-corrected chi connectivity index (χ1v) is 11.5. The molecule has 1 amide bonds. The smallest absolute Gasteiger partial charge is 0.263 e. The number of amides is 1. The van der Waals surface area contributed by atoms with Crippen LogP contribution in [-0.4, -0.2) is 77.5 Å². The molecular weight excluding hydrogens is 388 g/mol. The van der Waals surface area contributed by atoms with Crippen LogP contribution in [0, 0.1) is 6.92 Å². The molecule has 2 aliphatic rings. The molecule has 0 saturated carbocycles. The topological polar surface area (TPSA) is 48.8 Å². The van der Waals surface area contributed by atoms with Crippen molar-refractivity contribution in [1.29, 1.82) is 0 Å². The maximum atomic E-state index is 13.3. The molecule has 4 rings (SSSR count). The molecule has 2 aliphatic heterocycles. The van der Waals surface area contributed by atoms with Crippen LogP contribution in [0.5, 0.6) is 0 Å². The zero-order chi connectivity index (χ0) is 21.8. The van der Waals surface area contributed by atoms with E-state index in [1.807, 2.05) is 42.3 Å². The van der Waals surface area contributed by atoms with Crippen LogP contribution in [0.3, 0.4) is 0 Å². The van der Waals surface area contributed by atoms with Gasteiger partial charge in [-0.05, 0) is 63.5 Å². The Balaban J connectivity index is 1.41. The zero-order valence-corrected chi connectivity index (χ0v) is 18.8. The predicted octanol–water partition coefficient (Wildman–Crippen LogP) is 2.25. The summed E-state index contributed by atoms with van der Waals surface area (Å²) in [5.41, 5.74) is 2.12. The Morgan fingerprint density at radius 3 is 2.32 bits per heavy atom. The van der Waals surface area contributed by atoms with Gasteiger partial charge < -0.3 is 14.4 Å². The number of aryl methyl sites for hydroxylation is 3. The summed E-state index contributed by atoms with van der Waals surface area (Å²) in [6.45, 7) is 7.93. The number of likely N-dealkylation sites (tertiary alicyclic amines) is 1. The standard InChI is InChI=1S/C25H34N4O2/c1-20-8-14-28(15-9-21-6-4-3-5-7-21)24(30)23(20)25(31)29-18-16-27(17-19-29)22-10-12-26(2)13-11-22/h3-8,14,22H,9-13,15-19H2,1-2H3. The molecule has 2 aromatic rings. The van der Waals surface area contributed by atoms with Crippen LogP contribution in [-0.2, 0) is 13.0 Å². The van der Waals surface area contributed by atoms with Crippen molar-refractivity contribution in [3.63, 3.8) is 0 Å². The minimum atomic E-state index is -0.168.